The number of anilines is 1. The quantitative estimate of drug-likeness (QED) is 0.791. The Morgan fingerprint density at radius 2 is 2.04 bits per heavy atom. The molecule has 0 unspecified atom stereocenters. The van der Waals surface area contributed by atoms with E-state index in [9.17, 15) is 8.42 Å². The van der Waals surface area contributed by atoms with Crippen molar-refractivity contribution >= 4 is 16.0 Å². The summed E-state index contributed by atoms with van der Waals surface area (Å²) in [7, 11) is -3.15. The van der Waals surface area contributed by atoms with Crippen molar-refractivity contribution < 1.29 is 17.6 Å². The minimum atomic E-state index is -3.15. The van der Waals surface area contributed by atoms with Crippen LogP contribution in [0.25, 0.3) is 0 Å². The first-order valence-electron chi connectivity index (χ1n) is 8.60. The summed E-state index contributed by atoms with van der Waals surface area (Å²) < 4.78 is 38.4. The van der Waals surface area contributed by atoms with Crippen LogP contribution in [0.1, 0.15) is 31.6 Å². The van der Waals surface area contributed by atoms with Gasteiger partial charge in [0.05, 0.1) is 18.5 Å². The average Bonchev–Trinajstić information content (AvgIpc) is 3.35. The molecule has 1 aromatic heterocycles. The Kier molecular flexibility index (Phi) is 4.04. The van der Waals surface area contributed by atoms with Gasteiger partial charge in [0.2, 0.25) is 15.9 Å². The summed E-state index contributed by atoms with van der Waals surface area (Å²) in [4.78, 5) is 2.04. The lowest BCUT2D eigenvalue weighted by molar-refractivity contribution is 0.0349. The third-order valence-corrected chi connectivity index (χ3v) is 7.50. The topological polar surface area (TPSA) is 88.8 Å². The molecule has 1 saturated carbocycles. The van der Waals surface area contributed by atoms with E-state index >= 15 is 0 Å². The number of ether oxygens (including phenoxy) is 1. The molecule has 2 aliphatic heterocycles. The lowest BCUT2D eigenvalue weighted by atomic mass is 9.81. The van der Waals surface area contributed by atoms with Crippen LogP contribution in [0.4, 0.5) is 6.01 Å². The van der Waals surface area contributed by atoms with E-state index in [0.717, 1.165) is 25.7 Å². The summed E-state index contributed by atoms with van der Waals surface area (Å²) in [6, 6.07) is 0.500. The van der Waals surface area contributed by atoms with E-state index in [-0.39, 0.29) is 10.7 Å². The second kappa shape index (κ2) is 5.96. The molecule has 0 aromatic carbocycles. The van der Waals surface area contributed by atoms with Gasteiger partial charge in [0, 0.05) is 38.5 Å². The van der Waals surface area contributed by atoms with Gasteiger partial charge in [-0.15, -0.1) is 5.10 Å². The standard InChI is InChI=1S/C15H24N4O4S/c1-12-16-17-14(23-12)18-7-8-22-11-15(9-18)5-2-6-19(10-15)24(20,21)13-3-4-13/h13H,2-11H2,1H3/t15-/m1/s1. The second-order valence-corrected chi connectivity index (χ2v) is 9.47. The van der Waals surface area contributed by atoms with Crippen LogP contribution >= 0.6 is 0 Å². The Labute approximate surface area is 142 Å². The van der Waals surface area contributed by atoms with Gasteiger partial charge in [-0.25, -0.2) is 12.7 Å². The van der Waals surface area contributed by atoms with Crippen molar-refractivity contribution in [1.82, 2.24) is 14.5 Å². The Hall–Kier alpha value is -1.19. The SMILES string of the molecule is Cc1nnc(N2CCOC[C@]3(CCCN(S(=O)(=O)C4CC4)C3)C2)o1. The molecule has 9 heteroatoms. The van der Waals surface area contributed by atoms with Crippen LogP contribution in [-0.2, 0) is 14.8 Å². The minimum absolute atomic E-state index is 0.158. The molecule has 0 N–H and O–H groups in total. The molecule has 3 fully saturated rings. The fraction of sp³-hybridized carbons (Fsp3) is 0.867. The highest BCUT2D eigenvalue weighted by Gasteiger charge is 2.47. The zero-order valence-corrected chi connectivity index (χ0v) is 14.8. The predicted molar refractivity (Wildman–Crippen MR) is 87.2 cm³/mol. The van der Waals surface area contributed by atoms with Crippen LogP contribution in [-0.4, -0.2) is 67.6 Å². The molecule has 134 valence electrons. The predicted octanol–water partition coefficient (Wildman–Crippen LogP) is 0.789. The van der Waals surface area contributed by atoms with E-state index in [1.54, 1.807) is 11.2 Å². The number of aryl methyl sites for hydroxylation is 1. The van der Waals surface area contributed by atoms with Crippen molar-refractivity contribution in [3.63, 3.8) is 0 Å². The van der Waals surface area contributed by atoms with E-state index in [1.165, 1.54) is 0 Å². The Morgan fingerprint density at radius 3 is 2.75 bits per heavy atom. The molecule has 2 saturated heterocycles. The van der Waals surface area contributed by atoms with Crippen LogP contribution in [0.3, 0.4) is 0 Å². The average molecular weight is 356 g/mol. The van der Waals surface area contributed by atoms with Crippen molar-refractivity contribution in [2.45, 2.75) is 37.9 Å². The molecule has 0 amide bonds. The summed E-state index contributed by atoms with van der Waals surface area (Å²) in [6.45, 7) is 5.44. The first-order valence-corrected chi connectivity index (χ1v) is 10.1. The first kappa shape index (κ1) is 16.3. The first-order chi connectivity index (χ1) is 11.5. The van der Waals surface area contributed by atoms with Gasteiger partial charge in [0.25, 0.3) is 0 Å². The Balaban J connectivity index is 1.55. The number of aromatic nitrogens is 2. The fourth-order valence-corrected chi connectivity index (χ4v) is 5.76. The molecule has 0 bridgehead atoms. The minimum Gasteiger partial charge on any atom is -0.408 e. The number of hydrogen-bond acceptors (Lipinski definition) is 7. The molecular weight excluding hydrogens is 332 g/mol. The summed E-state index contributed by atoms with van der Waals surface area (Å²) >= 11 is 0. The summed E-state index contributed by atoms with van der Waals surface area (Å²) in [6.07, 6.45) is 3.42. The maximum atomic E-state index is 12.6. The molecule has 8 nitrogen and oxygen atoms in total. The van der Waals surface area contributed by atoms with Crippen molar-refractivity contribution in [2.24, 2.45) is 5.41 Å². The van der Waals surface area contributed by atoms with Crippen LogP contribution < -0.4 is 4.90 Å². The van der Waals surface area contributed by atoms with E-state index < -0.39 is 10.0 Å². The van der Waals surface area contributed by atoms with Crippen LogP contribution in [0.15, 0.2) is 4.42 Å². The maximum Gasteiger partial charge on any atom is 0.318 e. The van der Waals surface area contributed by atoms with E-state index in [2.05, 4.69) is 10.2 Å². The van der Waals surface area contributed by atoms with Crippen molar-refractivity contribution in [3.05, 3.63) is 5.89 Å². The van der Waals surface area contributed by atoms with Crippen molar-refractivity contribution in [3.8, 4) is 0 Å². The highest BCUT2D eigenvalue weighted by molar-refractivity contribution is 7.90. The van der Waals surface area contributed by atoms with E-state index in [1.807, 2.05) is 4.90 Å². The highest BCUT2D eigenvalue weighted by Crippen LogP contribution is 2.39. The molecule has 24 heavy (non-hydrogen) atoms. The van der Waals surface area contributed by atoms with Gasteiger partial charge in [-0.2, -0.15) is 0 Å². The molecular formula is C15H24N4O4S. The monoisotopic (exact) mass is 356 g/mol. The molecule has 3 heterocycles. The van der Waals surface area contributed by atoms with Crippen LogP contribution in [0.2, 0.25) is 0 Å². The molecule has 0 radical (unpaired) electrons. The number of hydrogen-bond donors (Lipinski definition) is 0. The molecule has 1 spiro atoms. The number of rotatable bonds is 3. The van der Waals surface area contributed by atoms with Gasteiger partial charge in [0.15, 0.2) is 0 Å². The molecule has 4 rings (SSSR count). The van der Waals surface area contributed by atoms with Crippen molar-refractivity contribution in [2.75, 3.05) is 44.3 Å². The van der Waals surface area contributed by atoms with Gasteiger partial charge in [-0.3, -0.25) is 0 Å². The summed E-state index contributed by atoms with van der Waals surface area (Å²) in [5.41, 5.74) is -0.209. The van der Waals surface area contributed by atoms with Gasteiger partial charge >= 0.3 is 6.01 Å². The van der Waals surface area contributed by atoms with Crippen molar-refractivity contribution in [1.29, 1.82) is 0 Å². The molecule has 1 aliphatic carbocycles. The van der Waals surface area contributed by atoms with Crippen LogP contribution in [0.5, 0.6) is 0 Å². The Morgan fingerprint density at radius 1 is 1.21 bits per heavy atom. The fourth-order valence-electron chi connectivity index (χ4n) is 3.77. The largest absolute Gasteiger partial charge is 0.408 e. The number of nitrogens with zero attached hydrogens (tertiary/aromatic N) is 4. The zero-order valence-electron chi connectivity index (χ0n) is 14.0. The lowest BCUT2D eigenvalue weighted by Gasteiger charge is -2.42. The molecule has 1 aromatic rings. The molecule has 1 atom stereocenters. The summed E-state index contributed by atoms with van der Waals surface area (Å²) in [5, 5.41) is 7.86. The van der Waals surface area contributed by atoms with E-state index in [0.29, 0.717) is 51.3 Å². The lowest BCUT2D eigenvalue weighted by Crippen LogP contribution is -2.52. The Bertz CT molecular complexity index is 702. The molecule has 3 aliphatic rings. The highest BCUT2D eigenvalue weighted by atomic mass is 32.2. The summed E-state index contributed by atoms with van der Waals surface area (Å²) in [5.74, 6) is 0.533. The maximum absolute atomic E-state index is 12.6. The zero-order chi connectivity index (χ0) is 16.8. The van der Waals surface area contributed by atoms with Gasteiger partial charge in [0.1, 0.15) is 0 Å². The van der Waals surface area contributed by atoms with Gasteiger partial charge < -0.3 is 14.1 Å². The van der Waals surface area contributed by atoms with E-state index in [4.69, 9.17) is 9.15 Å². The van der Waals surface area contributed by atoms with Crippen LogP contribution in [0, 0.1) is 12.3 Å². The normalized spacial score (nSPS) is 29.8. The second-order valence-electron chi connectivity index (χ2n) is 7.26. The number of sulfonamides is 1. The smallest absolute Gasteiger partial charge is 0.318 e. The number of piperidine rings is 1. The third-order valence-electron chi connectivity index (χ3n) is 5.16. The van der Waals surface area contributed by atoms with Gasteiger partial charge in [-0.1, -0.05) is 5.10 Å². The third kappa shape index (κ3) is 3.04. The van der Waals surface area contributed by atoms with Gasteiger partial charge in [-0.05, 0) is 25.7 Å².